The molecule has 1 saturated heterocycles. The van der Waals surface area contributed by atoms with Crippen molar-refractivity contribution in [3.05, 3.63) is 0 Å². The zero-order chi connectivity index (χ0) is 10.4. The number of aliphatic carboxylic acids is 1. The van der Waals surface area contributed by atoms with Crippen molar-refractivity contribution >= 4 is 17.7 Å². The molecule has 82 valence electrons. The number of ether oxygens (including phenoxy) is 1. The van der Waals surface area contributed by atoms with E-state index in [9.17, 15) is 4.79 Å². The minimum Gasteiger partial charge on any atom is -0.480 e. The van der Waals surface area contributed by atoms with Crippen LogP contribution in [-0.4, -0.2) is 34.8 Å². The molecule has 1 rings (SSSR count). The minimum atomic E-state index is -0.701. The Labute approximate surface area is 89.2 Å². The van der Waals surface area contributed by atoms with Gasteiger partial charge in [0.05, 0.1) is 6.10 Å². The molecular weight excluding hydrogens is 200 g/mol. The van der Waals surface area contributed by atoms with Crippen molar-refractivity contribution in [2.24, 2.45) is 0 Å². The Morgan fingerprint density at radius 1 is 1.64 bits per heavy atom. The van der Waals surface area contributed by atoms with Gasteiger partial charge in [0.25, 0.3) is 0 Å². The van der Waals surface area contributed by atoms with Gasteiger partial charge in [-0.1, -0.05) is 6.92 Å². The largest absolute Gasteiger partial charge is 0.480 e. The molecule has 2 unspecified atom stereocenters. The van der Waals surface area contributed by atoms with E-state index in [1.807, 2.05) is 6.92 Å². The first-order valence-corrected chi connectivity index (χ1v) is 6.25. The molecule has 3 nitrogen and oxygen atoms in total. The van der Waals surface area contributed by atoms with E-state index in [0.29, 0.717) is 6.42 Å². The summed E-state index contributed by atoms with van der Waals surface area (Å²) in [6.07, 6.45) is 4.42. The highest BCUT2D eigenvalue weighted by atomic mass is 32.2. The number of carboxylic acid groups (broad SMARTS) is 1. The average molecular weight is 218 g/mol. The third-order valence-electron chi connectivity index (χ3n) is 2.40. The van der Waals surface area contributed by atoms with Gasteiger partial charge in [-0.3, -0.25) is 4.79 Å². The van der Waals surface area contributed by atoms with Crippen LogP contribution in [0.25, 0.3) is 0 Å². The van der Waals surface area contributed by atoms with Crippen LogP contribution < -0.4 is 0 Å². The molecule has 1 aliphatic heterocycles. The standard InChI is InChI=1S/C10H18O3S/c1-2-9(10(11)12)14-7-8-5-3-4-6-13-8/h8-9H,2-7H2,1H3,(H,11,12). The van der Waals surface area contributed by atoms with Crippen LogP contribution in [0, 0.1) is 0 Å². The summed E-state index contributed by atoms with van der Waals surface area (Å²) in [5.74, 6) is 0.124. The van der Waals surface area contributed by atoms with Gasteiger partial charge in [-0.05, 0) is 25.7 Å². The van der Waals surface area contributed by atoms with E-state index >= 15 is 0 Å². The first-order valence-electron chi connectivity index (χ1n) is 5.20. The maximum atomic E-state index is 10.7. The molecule has 0 aromatic heterocycles. The fourth-order valence-electron chi connectivity index (χ4n) is 1.53. The van der Waals surface area contributed by atoms with Gasteiger partial charge in [0.1, 0.15) is 5.25 Å². The van der Waals surface area contributed by atoms with Crippen LogP contribution in [0.3, 0.4) is 0 Å². The zero-order valence-corrected chi connectivity index (χ0v) is 9.39. The van der Waals surface area contributed by atoms with Crippen molar-refractivity contribution in [2.45, 2.75) is 44.0 Å². The summed E-state index contributed by atoms with van der Waals surface area (Å²) in [5, 5.41) is 8.58. The van der Waals surface area contributed by atoms with Crippen LogP contribution in [0.5, 0.6) is 0 Å². The van der Waals surface area contributed by atoms with E-state index in [1.54, 1.807) is 0 Å². The van der Waals surface area contributed by atoms with E-state index in [-0.39, 0.29) is 11.4 Å². The third-order valence-corrected chi connectivity index (χ3v) is 3.91. The number of rotatable bonds is 5. The van der Waals surface area contributed by atoms with Gasteiger partial charge in [0.2, 0.25) is 0 Å². The van der Waals surface area contributed by atoms with E-state index < -0.39 is 5.97 Å². The fraction of sp³-hybridized carbons (Fsp3) is 0.900. The van der Waals surface area contributed by atoms with Crippen LogP contribution in [0.2, 0.25) is 0 Å². The number of hydrogen-bond acceptors (Lipinski definition) is 3. The average Bonchev–Trinajstić information content (AvgIpc) is 2.20. The summed E-state index contributed by atoms with van der Waals surface area (Å²) in [5.41, 5.74) is 0. The molecule has 0 aliphatic carbocycles. The maximum absolute atomic E-state index is 10.7. The second-order valence-electron chi connectivity index (χ2n) is 3.56. The van der Waals surface area contributed by atoms with Crippen LogP contribution in [-0.2, 0) is 9.53 Å². The smallest absolute Gasteiger partial charge is 0.316 e. The van der Waals surface area contributed by atoms with Crippen LogP contribution in [0.15, 0.2) is 0 Å². The lowest BCUT2D eigenvalue weighted by molar-refractivity contribution is -0.136. The Hall–Kier alpha value is -0.220. The molecular formula is C10H18O3S. The second kappa shape index (κ2) is 6.30. The van der Waals surface area contributed by atoms with Crippen molar-refractivity contribution in [3.63, 3.8) is 0 Å². The van der Waals surface area contributed by atoms with Crippen molar-refractivity contribution in [2.75, 3.05) is 12.4 Å². The van der Waals surface area contributed by atoms with E-state index in [2.05, 4.69) is 0 Å². The summed E-state index contributed by atoms with van der Waals surface area (Å²) in [6, 6.07) is 0. The molecule has 1 aliphatic rings. The molecule has 0 radical (unpaired) electrons. The summed E-state index contributed by atoms with van der Waals surface area (Å²) < 4.78 is 5.54. The second-order valence-corrected chi connectivity index (χ2v) is 4.79. The van der Waals surface area contributed by atoms with Crippen molar-refractivity contribution < 1.29 is 14.6 Å². The van der Waals surface area contributed by atoms with E-state index in [4.69, 9.17) is 9.84 Å². The monoisotopic (exact) mass is 218 g/mol. The topological polar surface area (TPSA) is 46.5 Å². The third kappa shape index (κ3) is 3.88. The molecule has 1 heterocycles. The van der Waals surface area contributed by atoms with Gasteiger partial charge in [-0.25, -0.2) is 0 Å². The van der Waals surface area contributed by atoms with Gasteiger partial charge in [-0.15, -0.1) is 11.8 Å². The summed E-state index contributed by atoms with van der Waals surface area (Å²) in [6.45, 7) is 2.75. The molecule has 0 aromatic carbocycles. The molecule has 1 N–H and O–H groups in total. The summed E-state index contributed by atoms with van der Waals surface area (Å²) in [4.78, 5) is 10.7. The Bertz CT molecular complexity index is 178. The summed E-state index contributed by atoms with van der Waals surface area (Å²) >= 11 is 1.51. The lowest BCUT2D eigenvalue weighted by atomic mass is 10.1. The number of thioether (sulfide) groups is 1. The molecule has 0 bridgehead atoms. The molecule has 0 aromatic rings. The predicted molar refractivity (Wildman–Crippen MR) is 57.8 cm³/mol. The van der Waals surface area contributed by atoms with Gasteiger partial charge >= 0.3 is 5.97 Å². The lowest BCUT2D eigenvalue weighted by Crippen LogP contribution is -2.24. The number of carbonyl (C=O) groups is 1. The number of hydrogen-bond donors (Lipinski definition) is 1. The first kappa shape index (κ1) is 11.9. The van der Waals surface area contributed by atoms with Gasteiger partial charge in [0, 0.05) is 12.4 Å². The van der Waals surface area contributed by atoms with Gasteiger partial charge in [-0.2, -0.15) is 0 Å². The van der Waals surface area contributed by atoms with Crippen molar-refractivity contribution in [3.8, 4) is 0 Å². The molecule has 2 atom stereocenters. The Kier molecular flexibility index (Phi) is 5.33. The van der Waals surface area contributed by atoms with Gasteiger partial charge < -0.3 is 9.84 Å². The molecule has 0 saturated carbocycles. The Morgan fingerprint density at radius 2 is 2.43 bits per heavy atom. The molecule has 1 fully saturated rings. The number of carboxylic acids is 1. The summed E-state index contributed by atoms with van der Waals surface area (Å²) in [7, 11) is 0. The highest BCUT2D eigenvalue weighted by Gasteiger charge is 2.19. The van der Waals surface area contributed by atoms with Crippen molar-refractivity contribution in [1.29, 1.82) is 0 Å². The molecule has 0 spiro atoms. The van der Waals surface area contributed by atoms with Gasteiger partial charge in [0.15, 0.2) is 0 Å². The SMILES string of the molecule is CCC(SCC1CCCCO1)C(=O)O. The Morgan fingerprint density at radius 3 is 2.93 bits per heavy atom. The molecule has 4 heteroatoms. The molecule has 14 heavy (non-hydrogen) atoms. The maximum Gasteiger partial charge on any atom is 0.316 e. The van der Waals surface area contributed by atoms with Crippen LogP contribution in [0.4, 0.5) is 0 Å². The zero-order valence-electron chi connectivity index (χ0n) is 8.57. The van der Waals surface area contributed by atoms with Crippen LogP contribution >= 0.6 is 11.8 Å². The highest BCUT2D eigenvalue weighted by Crippen LogP contribution is 2.21. The lowest BCUT2D eigenvalue weighted by Gasteiger charge is -2.23. The predicted octanol–water partition coefficient (Wildman–Crippen LogP) is 2.15. The first-order chi connectivity index (χ1) is 6.74. The van der Waals surface area contributed by atoms with Crippen LogP contribution in [0.1, 0.15) is 32.6 Å². The minimum absolute atomic E-state index is 0.263. The van der Waals surface area contributed by atoms with E-state index in [0.717, 1.165) is 25.2 Å². The normalized spacial score (nSPS) is 24.5. The quantitative estimate of drug-likeness (QED) is 0.768. The Balaban J connectivity index is 2.20. The molecule has 0 amide bonds. The highest BCUT2D eigenvalue weighted by molar-refractivity contribution is 8.00. The fourth-order valence-corrected chi connectivity index (χ4v) is 2.61. The van der Waals surface area contributed by atoms with Crippen molar-refractivity contribution in [1.82, 2.24) is 0 Å². The van der Waals surface area contributed by atoms with E-state index in [1.165, 1.54) is 18.2 Å².